The third-order valence-corrected chi connectivity index (χ3v) is 4.08. The average Bonchev–Trinajstić information content (AvgIpc) is 3.29. The van der Waals surface area contributed by atoms with Gasteiger partial charge in [0.15, 0.2) is 0 Å². The smallest absolute Gasteiger partial charge is 0.228 e. The second-order valence-corrected chi connectivity index (χ2v) is 5.50. The number of hydrogen-bond donors (Lipinski definition) is 1. The highest BCUT2D eigenvalue weighted by Gasteiger charge is 2.43. The summed E-state index contributed by atoms with van der Waals surface area (Å²) in [5.74, 6) is 0.0438. The normalized spacial score (nSPS) is 20.1. The predicted octanol–water partition coefficient (Wildman–Crippen LogP) is 4.13. The number of para-hydroxylation sites is 1. The zero-order chi connectivity index (χ0) is 14.8. The van der Waals surface area contributed by atoms with Gasteiger partial charge in [0.05, 0.1) is 0 Å². The average molecular weight is 283 g/mol. The molecule has 2 atom stereocenters. The highest BCUT2D eigenvalue weighted by atomic mass is 19.1. The second kappa shape index (κ2) is 5.68. The van der Waals surface area contributed by atoms with Crippen LogP contribution in [-0.4, -0.2) is 5.91 Å². The summed E-state index contributed by atoms with van der Waals surface area (Å²) < 4.78 is 12.9. The molecule has 108 valence electrons. The van der Waals surface area contributed by atoms with Crippen molar-refractivity contribution in [2.45, 2.75) is 25.7 Å². The van der Waals surface area contributed by atoms with Gasteiger partial charge in [-0.15, -0.1) is 0 Å². The molecule has 21 heavy (non-hydrogen) atoms. The van der Waals surface area contributed by atoms with Crippen molar-refractivity contribution in [1.82, 2.24) is 0 Å². The molecule has 2 aromatic rings. The highest BCUT2D eigenvalue weighted by molar-refractivity contribution is 5.95. The van der Waals surface area contributed by atoms with Crippen LogP contribution in [-0.2, 0) is 11.2 Å². The maximum atomic E-state index is 12.9. The van der Waals surface area contributed by atoms with E-state index in [1.807, 2.05) is 24.3 Å². The number of nitrogens with one attached hydrogen (secondary N) is 1. The Morgan fingerprint density at radius 1 is 1.19 bits per heavy atom. The van der Waals surface area contributed by atoms with Crippen LogP contribution in [0.3, 0.4) is 0 Å². The zero-order valence-electron chi connectivity index (χ0n) is 12.0. The fourth-order valence-corrected chi connectivity index (χ4v) is 2.74. The summed E-state index contributed by atoms with van der Waals surface area (Å²) in [4.78, 5) is 12.3. The van der Waals surface area contributed by atoms with Crippen molar-refractivity contribution in [2.75, 3.05) is 5.32 Å². The summed E-state index contributed by atoms with van der Waals surface area (Å²) in [6.45, 7) is 2.07. The Balaban J connectivity index is 1.66. The monoisotopic (exact) mass is 283 g/mol. The maximum absolute atomic E-state index is 12.9. The Labute approximate surface area is 124 Å². The lowest BCUT2D eigenvalue weighted by molar-refractivity contribution is -0.117. The zero-order valence-corrected chi connectivity index (χ0v) is 12.0. The van der Waals surface area contributed by atoms with Crippen molar-refractivity contribution in [3.05, 3.63) is 65.5 Å². The third-order valence-electron chi connectivity index (χ3n) is 4.08. The summed E-state index contributed by atoms with van der Waals surface area (Å²) >= 11 is 0. The SMILES string of the molecule is CCc1ccccc1NC(=O)C1CC1c1ccc(F)cc1. The van der Waals surface area contributed by atoms with E-state index in [1.54, 1.807) is 12.1 Å². The van der Waals surface area contributed by atoms with Gasteiger partial charge in [-0.2, -0.15) is 0 Å². The van der Waals surface area contributed by atoms with Crippen molar-refractivity contribution in [1.29, 1.82) is 0 Å². The highest BCUT2D eigenvalue weighted by Crippen LogP contribution is 2.48. The Hall–Kier alpha value is -2.16. The van der Waals surface area contributed by atoms with Crippen molar-refractivity contribution < 1.29 is 9.18 Å². The van der Waals surface area contributed by atoms with Crippen molar-refractivity contribution >= 4 is 11.6 Å². The topological polar surface area (TPSA) is 29.1 Å². The molecular weight excluding hydrogens is 265 g/mol. The second-order valence-electron chi connectivity index (χ2n) is 5.50. The van der Waals surface area contributed by atoms with E-state index in [4.69, 9.17) is 0 Å². The van der Waals surface area contributed by atoms with Gasteiger partial charge in [0, 0.05) is 11.6 Å². The van der Waals surface area contributed by atoms with Crippen LogP contribution in [0.2, 0.25) is 0 Å². The molecule has 0 aromatic heterocycles. The number of amides is 1. The minimum absolute atomic E-state index is 0.000346. The summed E-state index contributed by atoms with van der Waals surface area (Å²) in [5.41, 5.74) is 3.08. The fraction of sp³-hybridized carbons (Fsp3) is 0.278. The van der Waals surface area contributed by atoms with Gasteiger partial charge in [-0.3, -0.25) is 4.79 Å². The lowest BCUT2D eigenvalue weighted by Crippen LogP contribution is -2.15. The van der Waals surface area contributed by atoms with E-state index in [0.717, 1.165) is 29.7 Å². The molecule has 0 heterocycles. The van der Waals surface area contributed by atoms with E-state index >= 15 is 0 Å². The van der Waals surface area contributed by atoms with Crippen LogP contribution in [0.25, 0.3) is 0 Å². The largest absolute Gasteiger partial charge is 0.326 e. The molecule has 0 radical (unpaired) electrons. The van der Waals surface area contributed by atoms with Gasteiger partial charge >= 0.3 is 0 Å². The molecule has 3 heteroatoms. The molecule has 1 amide bonds. The number of anilines is 1. The molecule has 1 aliphatic rings. The molecule has 0 aliphatic heterocycles. The van der Waals surface area contributed by atoms with Crippen LogP contribution in [0.4, 0.5) is 10.1 Å². The molecule has 0 saturated heterocycles. The molecule has 2 nitrogen and oxygen atoms in total. The van der Waals surface area contributed by atoms with Crippen LogP contribution < -0.4 is 5.32 Å². The Morgan fingerprint density at radius 2 is 1.90 bits per heavy atom. The molecule has 0 spiro atoms. The molecule has 1 aliphatic carbocycles. The first-order chi connectivity index (χ1) is 10.2. The van der Waals surface area contributed by atoms with E-state index in [2.05, 4.69) is 12.2 Å². The molecular formula is C18H18FNO. The van der Waals surface area contributed by atoms with Gasteiger partial charge in [0.1, 0.15) is 5.82 Å². The van der Waals surface area contributed by atoms with E-state index < -0.39 is 0 Å². The lowest BCUT2D eigenvalue weighted by Gasteiger charge is -2.09. The Morgan fingerprint density at radius 3 is 2.62 bits per heavy atom. The first kappa shape index (κ1) is 13.8. The number of carbonyl (C=O) groups is 1. The maximum Gasteiger partial charge on any atom is 0.228 e. The first-order valence-corrected chi connectivity index (χ1v) is 7.33. The molecule has 1 N–H and O–H groups in total. The van der Waals surface area contributed by atoms with Gasteiger partial charge < -0.3 is 5.32 Å². The number of benzene rings is 2. The number of aryl methyl sites for hydroxylation is 1. The van der Waals surface area contributed by atoms with Gasteiger partial charge in [0.25, 0.3) is 0 Å². The first-order valence-electron chi connectivity index (χ1n) is 7.33. The van der Waals surface area contributed by atoms with Crippen LogP contribution >= 0.6 is 0 Å². The van der Waals surface area contributed by atoms with Crippen LogP contribution in [0.15, 0.2) is 48.5 Å². The van der Waals surface area contributed by atoms with Crippen LogP contribution in [0.5, 0.6) is 0 Å². The quantitative estimate of drug-likeness (QED) is 0.898. The Kier molecular flexibility index (Phi) is 3.74. The van der Waals surface area contributed by atoms with E-state index in [9.17, 15) is 9.18 Å². The van der Waals surface area contributed by atoms with Crippen LogP contribution in [0, 0.1) is 11.7 Å². The summed E-state index contributed by atoms with van der Waals surface area (Å²) in [5, 5.41) is 3.02. The minimum atomic E-state index is -0.239. The number of halogens is 1. The van der Waals surface area contributed by atoms with Gasteiger partial charge in [-0.05, 0) is 48.1 Å². The summed E-state index contributed by atoms with van der Waals surface area (Å²) in [6, 6.07) is 14.3. The molecule has 1 saturated carbocycles. The molecule has 1 fully saturated rings. The molecule has 0 bridgehead atoms. The van der Waals surface area contributed by atoms with Crippen molar-refractivity contribution in [3.8, 4) is 0 Å². The van der Waals surface area contributed by atoms with Crippen molar-refractivity contribution in [2.24, 2.45) is 5.92 Å². The fourth-order valence-electron chi connectivity index (χ4n) is 2.74. The molecule has 2 aromatic carbocycles. The van der Waals surface area contributed by atoms with E-state index in [-0.39, 0.29) is 23.6 Å². The number of rotatable bonds is 4. The standard InChI is InChI=1S/C18H18FNO/c1-2-12-5-3-4-6-17(12)20-18(21)16-11-15(16)13-7-9-14(19)10-8-13/h3-10,15-16H,2,11H2,1H3,(H,20,21). The van der Waals surface area contributed by atoms with Gasteiger partial charge in [-0.25, -0.2) is 4.39 Å². The Bertz CT molecular complexity index is 651. The molecule has 2 unspecified atom stereocenters. The number of hydrogen-bond acceptors (Lipinski definition) is 1. The van der Waals surface area contributed by atoms with E-state index in [1.165, 1.54) is 12.1 Å². The van der Waals surface area contributed by atoms with E-state index in [0.29, 0.717) is 0 Å². The molecule has 3 rings (SSSR count). The minimum Gasteiger partial charge on any atom is -0.326 e. The lowest BCUT2D eigenvalue weighted by atomic mass is 10.1. The van der Waals surface area contributed by atoms with Gasteiger partial charge in [0.2, 0.25) is 5.91 Å². The van der Waals surface area contributed by atoms with Crippen LogP contribution in [0.1, 0.15) is 30.4 Å². The predicted molar refractivity (Wildman–Crippen MR) is 81.7 cm³/mol. The summed E-state index contributed by atoms with van der Waals surface area (Å²) in [7, 11) is 0. The van der Waals surface area contributed by atoms with Crippen molar-refractivity contribution in [3.63, 3.8) is 0 Å². The third kappa shape index (κ3) is 2.97. The number of carbonyl (C=O) groups excluding carboxylic acids is 1. The summed E-state index contributed by atoms with van der Waals surface area (Å²) in [6.07, 6.45) is 1.73. The van der Waals surface area contributed by atoms with Gasteiger partial charge in [-0.1, -0.05) is 37.3 Å².